The maximum absolute atomic E-state index is 12.0. The van der Waals surface area contributed by atoms with Crippen molar-refractivity contribution in [3.8, 4) is 11.5 Å². The Hall–Kier alpha value is -4.13. The summed E-state index contributed by atoms with van der Waals surface area (Å²) >= 11 is 0. The van der Waals surface area contributed by atoms with E-state index in [2.05, 4.69) is 15.8 Å². The molecule has 0 bridgehead atoms. The quantitative estimate of drug-likeness (QED) is 0.338. The van der Waals surface area contributed by atoms with Crippen LogP contribution >= 0.6 is 0 Å². The average Bonchev–Trinajstić information content (AvgIpc) is 2.84. The number of hydrogen-bond acceptors (Lipinski definition) is 5. The van der Waals surface area contributed by atoms with Crippen molar-refractivity contribution in [1.82, 2.24) is 5.43 Å². The van der Waals surface area contributed by atoms with E-state index in [0.29, 0.717) is 23.8 Å². The lowest BCUT2D eigenvalue weighted by Gasteiger charge is -2.11. The van der Waals surface area contributed by atoms with Crippen molar-refractivity contribution >= 4 is 23.7 Å². The predicted molar refractivity (Wildman–Crippen MR) is 133 cm³/mol. The van der Waals surface area contributed by atoms with Gasteiger partial charge in [-0.25, -0.2) is 5.43 Å². The van der Waals surface area contributed by atoms with E-state index in [9.17, 15) is 9.59 Å². The van der Waals surface area contributed by atoms with Gasteiger partial charge in [0, 0.05) is 18.5 Å². The van der Waals surface area contributed by atoms with Gasteiger partial charge in [0.2, 0.25) is 11.8 Å². The van der Waals surface area contributed by atoms with Gasteiger partial charge in [0.05, 0.1) is 13.3 Å². The van der Waals surface area contributed by atoms with Crippen LogP contribution in [0.15, 0.2) is 71.8 Å². The summed E-state index contributed by atoms with van der Waals surface area (Å²) in [5.41, 5.74) is 7.24. The second-order valence-electron chi connectivity index (χ2n) is 7.89. The Morgan fingerprint density at radius 3 is 2.18 bits per heavy atom. The third kappa shape index (κ3) is 7.78. The summed E-state index contributed by atoms with van der Waals surface area (Å²) in [5.74, 6) is 0.605. The molecule has 2 amide bonds. The normalized spacial score (nSPS) is 10.7. The van der Waals surface area contributed by atoms with Crippen LogP contribution in [0.4, 0.5) is 5.69 Å². The van der Waals surface area contributed by atoms with Crippen LogP contribution in [0.5, 0.6) is 11.5 Å². The van der Waals surface area contributed by atoms with Gasteiger partial charge in [-0.05, 0) is 55.3 Å². The Morgan fingerprint density at radius 2 is 1.50 bits per heavy atom. The van der Waals surface area contributed by atoms with Crippen LogP contribution in [0.25, 0.3) is 0 Å². The van der Waals surface area contributed by atoms with E-state index in [0.717, 1.165) is 16.7 Å². The first-order chi connectivity index (χ1) is 16.4. The van der Waals surface area contributed by atoms with Crippen molar-refractivity contribution in [2.45, 2.75) is 33.3 Å². The first kappa shape index (κ1) is 24.5. The molecule has 0 radical (unpaired) electrons. The molecule has 3 aromatic rings. The van der Waals surface area contributed by atoms with Crippen LogP contribution in [-0.4, -0.2) is 25.1 Å². The van der Waals surface area contributed by atoms with E-state index in [-0.39, 0.29) is 24.7 Å². The zero-order valence-electron chi connectivity index (χ0n) is 19.6. The Labute approximate surface area is 199 Å². The third-order valence-electron chi connectivity index (χ3n) is 5.02. The van der Waals surface area contributed by atoms with Crippen molar-refractivity contribution in [3.05, 3.63) is 89.0 Å². The lowest BCUT2D eigenvalue weighted by molar-refractivity contribution is -0.124. The molecule has 176 valence electrons. The molecular weight excluding hydrogens is 430 g/mol. The minimum Gasteiger partial charge on any atom is -0.493 e. The molecule has 7 heteroatoms. The molecule has 0 aromatic heterocycles. The van der Waals surface area contributed by atoms with E-state index < -0.39 is 0 Å². The highest BCUT2D eigenvalue weighted by Crippen LogP contribution is 2.28. The number of ether oxygens (including phenoxy) is 2. The molecule has 7 nitrogen and oxygen atoms in total. The minimum atomic E-state index is -0.347. The fourth-order valence-corrected chi connectivity index (χ4v) is 3.05. The van der Waals surface area contributed by atoms with Gasteiger partial charge in [0.15, 0.2) is 11.5 Å². The van der Waals surface area contributed by atoms with Gasteiger partial charge in [0.1, 0.15) is 6.61 Å². The van der Waals surface area contributed by atoms with Crippen LogP contribution in [0.1, 0.15) is 35.1 Å². The lowest BCUT2D eigenvalue weighted by Crippen LogP contribution is -2.20. The summed E-state index contributed by atoms with van der Waals surface area (Å²) in [4.78, 5) is 24.0. The van der Waals surface area contributed by atoms with Crippen LogP contribution in [0, 0.1) is 13.8 Å². The summed E-state index contributed by atoms with van der Waals surface area (Å²) < 4.78 is 11.3. The molecule has 0 aliphatic heterocycles. The number of rotatable bonds is 10. The van der Waals surface area contributed by atoms with Crippen molar-refractivity contribution < 1.29 is 19.1 Å². The number of amides is 2. The molecule has 34 heavy (non-hydrogen) atoms. The van der Waals surface area contributed by atoms with Gasteiger partial charge < -0.3 is 14.8 Å². The first-order valence-corrected chi connectivity index (χ1v) is 11.0. The number of anilines is 1. The summed E-state index contributed by atoms with van der Waals surface area (Å²) in [6.45, 7) is 4.44. The summed E-state index contributed by atoms with van der Waals surface area (Å²) in [5, 5.41) is 6.73. The Morgan fingerprint density at radius 1 is 0.853 bits per heavy atom. The Bertz CT molecular complexity index is 1140. The molecule has 0 fully saturated rings. The van der Waals surface area contributed by atoms with Gasteiger partial charge in [-0.15, -0.1) is 0 Å². The zero-order valence-corrected chi connectivity index (χ0v) is 19.6. The first-order valence-electron chi connectivity index (χ1n) is 11.0. The van der Waals surface area contributed by atoms with Gasteiger partial charge in [-0.3, -0.25) is 9.59 Å². The highest BCUT2D eigenvalue weighted by molar-refractivity contribution is 5.93. The third-order valence-corrected chi connectivity index (χ3v) is 5.02. The molecule has 0 heterocycles. The van der Waals surface area contributed by atoms with Crippen molar-refractivity contribution in [2.24, 2.45) is 5.10 Å². The maximum Gasteiger partial charge on any atom is 0.240 e. The number of hydrazone groups is 1. The van der Waals surface area contributed by atoms with Gasteiger partial charge in [-0.2, -0.15) is 5.10 Å². The van der Waals surface area contributed by atoms with Crippen molar-refractivity contribution in [3.63, 3.8) is 0 Å². The molecule has 0 aliphatic carbocycles. The average molecular weight is 460 g/mol. The Kier molecular flexibility index (Phi) is 8.80. The number of aryl methyl sites for hydroxylation is 2. The number of nitrogens with one attached hydrogen (secondary N) is 2. The van der Waals surface area contributed by atoms with Gasteiger partial charge in [0.25, 0.3) is 0 Å². The second kappa shape index (κ2) is 12.2. The van der Waals surface area contributed by atoms with Crippen LogP contribution < -0.4 is 20.2 Å². The predicted octanol–water partition coefficient (Wildman–Crippen LogP) is 4.76. The number of nitrogens with zero attached hydrogens (tertiary/aromatic N) is 1. The largest absolute Gasteiger partial charge is 0.493 e. The van der Waals surface area contributed by atoms with Gasteiger partial charge in [-0.1, -0.05) is 47.5 Å². The molecule has 0 spiro atoms. The monoisotopic (exact) mass is 459 g/mol. The summed E-state index contributed by atoms with van der Waals surface area (Å²) in [6, 6.07) is 21.0. The zero-order chi connectivity index (χ0) is 24.3. The number of benzene rings is 3. The van der Waals surface area contributed by atoms with E-state index in [1.54, 1.807) is 19.2 Å². The molecule has 2 N–H and O–H groups in total. The molecule has 0 saturated carbocycles. The fraction of sp³-hybridized carbons (Fsp3) is 0.222. The summed E-state index contributed by atoms with van der Waals surface area (Å²) in [6.07, 6.45) is 1.61. The van der Waals surface area contributed by atoms with E-state index in [4.69, 9.17) is 9.47 Å². The van der Waals surface area contributed by atoms with Crippen LogP contribution in [-0.2, 0) is 16.2 Å². The standard InChI is InChI=1S/C27H29N3O4/c1-19-4-8-21(9-5-19)18-34-24-13-10-22(16-25(24)33-3)17-28-30-27(32)15-14-26(31)29-23-11-6-20(2)7-12-23/h4-13,16-17H,14-15,18H2,1-3H3,(H,29,31)(H,30,32). The number of carbonyl (C=O) groups excluding carboxylic acids is 2. The molecule has 0 saturated heterocycles. The maximum atomic E-state index is 12.0. The highest BCUT2D eigenvalue weighted by Gasteiger charge is 2.08. The highest BCUT2D eigenvalue weighted by atomic mass is 16.5. The SMILES string of the molecule is COc1cc(C=NNC(=O)CCC(=O)Nc2ccc(C)cc2)ccc1OCc1ccc(C)cc1. The fourth-order valence-electron chi connectivity index (χ4n) is 3.05. The van der Waals surface area contributed by atoms with Crippen LogP contribution in [0.3, 0.4) is 0 Å². The molecule has 0 atom stereocenters. The minimum absolute atomic E-state index is 0.0319. The van der Waals surface area contributed by atoms with Crippen molar-refractivity contribution in [1.29, 1.82) is 0 Å². The second-order valence-corrected chi connectivity index (χ2v) is 7.89. The summed E-state index contributed by atoms with van der Waals surface area (Å²) in [7, 11) is 1.57. The van der Waals surface area contributed by atoms with Crippen molar-refractivity contribution in [2.75, 3.05) is 12.4 Å². The lowest BCUT2D eigenvalue weighted by atomic mass is 10.2. The van der Waals surface area contributed by atoms with Gasteiger partial charge >= 0.3 is 0 Å². The molecule has 0 unspecified atom stereocenters. The molecule has 3 aromatic carbocycles. The number of carbonyl (C=O) groups is 2. The number of hydrogen-bond donors (Lipinski definition) is 2. The molecular formula is C27H29N3O4. The molecule has 0 aliphatic rings. The number of methoxy groups -OCH3 is 1. The van der Waals surface area contributed by atoms with E-state index in [1.165, 1.54) is 11.8 Å². The van der Waals surface area contributed by atoms with Crippen LogP contribution in [0.2, 0.25) is 0 Å². The van der Waals surface area contributed by atoms with E-state index >= 15 is 0 Å². The smallest absolute Gasteiger partial charge is 0.240 e. The topological polar surface area (TPSA) is 89.0 Å². The molecule has 3 rings (SSSR count). The van der Waals surface area contributed by atoms with E-state index in [1.807, 2.05) is 68.4 Å². The Balaban J connectivity index is 1.45.